The molecule has 0 aliphatic carbocycles. The van der Waals surface area contributed by atoms with E-state index in [-0.39, 0.29) is 0 Å². The minimum absolute atomic E-state index is 1.19. The maximum absolute atomic E-state index is 2.47. The largest absolute Gasteiger partial charge is 0.308 e. The standard InChI is InChI=1S/C40H23NS/c1-3-10-35-30(8-1)33-22-23-34-31-9-2-4-11-36(31)42-40(34)39(33)41(35)28-18-14-24(15-19-28)29-20-16-27-13-12-25-6-5-7-26-17-21-32(29)38(27)37(25)26/h1-23H. The van der Waals surface area contributed by atoms with Crippen LogP contribution >= 0.6 is 11.3 Å². The van der Waals surface area contributed by atoms with Gasteiger partial charge in [-0.25, -0.2) is 0 Å². The topological polar surface area (TPSA) is 4.93 Å². The molecule has 2 heteroatoms. The highest BCUT2D eigenvalue weighted by Gasteiger charge is 2.18. The number of nitrogens with zero attached hydrogens (tertiary/aromatic N) is 1. The lowest BCUT2D eigenvalue weighted by Gasteiger charge is -2.15. The molecule has 0 aliphatic heterocycles. The van der Waals surface area contributed by atoms with Gasteiger partial charge in [-0.15, -0.1) is 11.3 Å². The number of rotatable bonds is 2. The highest BCUT2D eigenvalue weighted by atomic mass is 32.1. The lowest BCUT2D eigenvalue weighted by atomic mass is 9.90. The molecule has 0 fully saturated rings. The van der Waals surface area contributed by atoms with Crippen molar-refractivity contribution in [2.45, 2.75) is 0 Å². The van der Waals surface area contributed by atoms with Crippen molar-refractivity contribution in [3.8, 4) is 16.8 Å². The molecule has 0 unspecified atom stereocenters. The number of fused-ring (bicyclic) bond motifs is 7. The normalized spacial score (nSPS) is 12.3. The van der Waals surface area contributed by atoms with Gasteiger partial charge < -0.3 is 4.57 Å². The first-order valence-corrected chi connectivity index (χ1v) is 15.3. The highest BCUT2D eigenvalue weighted by molar-refractivity contribution is 7.26. The minimum atomic E-state index is 1.19. The zero-order valence-electron chi connectivity index (χ0n) is 22.6. The first-order valence-electron chi connectivity index (χ1n) is 14.4. The zero-order valence-corrected chi connectivity index (χ0v) is 23.5. The molecule has 0 N–H and O–H groups in total. The van der Waals surface area contributed by atoms with Crippen LogP contribution in [-0.4, -0.2) is 4.57 Å². The first kappa shape index (κ1) is 22.5. The van der Waals surface area contributed by atoms with E-state index in [1.165, 1.54) is 91.1 Å². The van der Waals surface area contributed by atoms with Crippen molar-refractivity contribution in [2.75, 3.05) is 0 Å². The van der Waals surface area contributed by atoms with Crippen molar-refractivity contribution >= 4 is 85.6 Å². The lowest BCUT2D eigenvalue weighted by molar-refractivity contribution is 1.19. The van der Waals surface area contributed by atoms with Crippen LogP contribution < -0.4 is 0 Å². The maximum Gasteiger partial charge on any atom is 0.0719 e. The average Bonchev–Trinajstić information content (AvgIpc) is 3.60. The molecule has 0 aliphatic rings. The molecule has 0 amide bonds. The number of aromatic nitrogens is 1. The summed E-state index contributed by atoms with van der Waals surface area (Å²) in [6, 6.07) is 51.7. The van der Waals surface area contributed by atoms with Crippen LogP contribution in [-0.2, 0) is 0 Å². The molecule has 2 aromatic heterocycles. The lowest BCUT2D eigenvalue weighted by Crippen LogP contribution is -1.94. The average molecular weight is 550 g/mol. The number of thiophene rings is 1. The monoisotopic (exact) mass is 549 g/mol. The Morgan fingerprint density at radius 3 is 1.95 bits per heavy atom. The van der Waals surface area contributed by atoms with Crippen LogP contribution in [0, 0.1) is 0 Å². The second-order valence-electron chi connectivity index (χ2n) is 11.3. The fourth-order valence-corrected chi connectivity index (χ4v) is 8.52. The van der Waals surface area contributed by atoms with Gasteiger partial charge >= 0.3 is 0 Å². The SMILES string of the molecule is c1cc2ccc3ccc(-c4ccc(-n5c6ccccc6c6ccc7c8ccccc8sc7c65)cc4)c4ccc(c1)c2c34. The maximum atomic E-state index is 2.47. The Bertz CT molecular complexity index is 2650. The van der Waals surface area contributed by atoms with Gasteiger partial charge in [0, 0.05) is 31.9 Å². The molecule has 194 valence electrons. The van der Waals surface area contributed by atoms with Gasteiger partial charge in [0.25, 0.3) is 0 Å². The number of para-hydroxylation sites is 1. The predicted molar refractivity (Wildman–Crippen MR) is 183 cm³/mol. The Labute approximate surface area is 245 Å². The number of hydrogen-bond acceptors (Lipinski definition) is 1. The Balaban J connectivity index is 1.22. The summed E-state index contributed by atoms with van der Waals surface area (Å²) in [6.07, 6.45) is 0. The molecule has 0 spiro atoms. The molecule has 8 aromatic carbocycles. The van der Waals surface area contributed by atoms with Gasteiger partial charge in [-0.05, 0) is 67.7 Å². The van der Waals surface area contributed by atoms with E-state index in [2.05, 4.69) is 144 Å². The zero-order chi connectivity index (χ0) is 27.4. The van der Waals surface area contributed by atoms with E-state index in [1.807, 2.05) is 11.3 Å². The van der Waals surface area contributed by atoms with Crippen molar-refractivity contribution in [3.05, 3.63) is 140 Å². The van der Waals surface area contributed by atoms with Crippen LogP contribution in [0.4, 0.5) is 0 Å². The van der Waals surface area contributed by atoms with Crippen LogP contribution in [0.2, 0.25) is 0 Å². The molecule has 2 heterocycles. The number of hydrogen-bond donors (Lipinski definition) is 0. The third-order valence-electron chi connectivity index (χ3n) is 9.14. The van der Waals surface area contributed by atoms with Gasteiger partial charge in [-0.1, -0.05) is 115 Å². The molecule has 0 saturated heterocycles. The van der Waals surface area contributed by atoms with Gasteiger partial charge in [0.2, 0.25) is 0 Å². The van der Waals surface area contributed by atoms with Crippen molar-refractivity contribution in [1.82, 2.24) is 4.57 Å². The van der Waals surface area contributed by atoms with Crippen LogP contribution in [0.3, 0.4) is 0 Å². The third kappa shape index (κ3) is 2.92. The Hall–Kier alpha value is -5.18. The van der Waals surface area contributed by atoms with E-state index in [9.17, 15) is 0 Å². The van der Waals surface area contributed by atoms with Gasteiger partial charge in [0.05, 0.1) is 15.7 Å². The predicted octanol–water partition coefficient (Wildman–Crippen LogP) is 11.7. The van der Waals surface area contributed by atoms with Gasteiger partial charge in [-0.2, -0.15) is 0 Å². The molecular weight excluding hydrogens is 527 g/mol. The van der Waals surface area contributed by atoms with E-state index >= 15 is 0 Å². The van der Waals surface area contributed by atoms with Crippen molar-refractivity contribution in [2.24, 2.45) is 0 Å². The summed E-state index contributed by atoms with van der Waals surface area (Å²) in [4.78, 5) is 0. The second-order valence-corrected chi connectivity index (χ2v) is 12.4. The minimum Gasteiger partial charge on any atom is -0.308 e. The Morgan fingerprint density at radius 1 is 0.429 bits per heavy atom. The summed E-state index contributed by atoms with van der Waals surface area (Å²) in [5.41, 5.74) is 6.25. The van der Waals surface area contributed by atoms with Crippen LogP contribution in [0.15, 0.2) is 140 Å². The molecule has 0 saturated carbocycles. The third-order valence-corrected chi connectivity index (χ3v) is 10.3. The van der Waals surface area contributed by atoms with Crippen LogP contribution in [0.1, 0.15) is 0 Å². The molecule has 1 nitrogen and oxygen atoms in total. The summed E-state index contributed by atoms with van der Waals surface area (Å²) in [7, 11) is 0. The van der Waals surface area contributed by atoms with Crippen molar-refractivity contribution in [3.63, 3.8) is 0 Å². The number of benzene rings is 8. The smallest absolute Gasteiger partial charge is 0.0719 e. The van der Waals surface area contributed by atoms with E-state index in [4.69, 9.17) is 0 Å². The van der Waals surface area contributed by atoms with Crippen molar-refractivity contribution < 1.29 is 0 Å². The molecule has 10 rings (SSSR count). The fourth-order valence-electron chi connectivity index (χ4n) is 7.28. The van der Waals surface area contributed by atoms with E-state index in [0.29, 0.717) is 0 Å². The van der Waals surface area contributed by atoms with Gasteiger partial charge in [-0.3, -0.25) is 0 Å². The summed E-state index contributed by atoms with van der Waals surface area (Å²) in [5.74, 6) is 0. The molecule has 0 bridgehead atoms. The second kappa shape index (κ2) is 8.19. The van der Waals surface area contributed by atoms with E-state index in [0.717, 1.165) is 0 Å². The van der Waals surface area contributed by atoms with Gasteiger partial charge in [0.15, 0.2) is 0 Å². The first-order chi connectivity index (χ1) is 20.8. The van der Waals surface area contributed by atoms with Crippen molar-refractivity contribution in [1.29, 1.82) is 0 Å². The summed E-state index contributed by atoms with van der Waals surface area (Å²) in [5, 5.41) is 13.2. The molecule has 42 heavy (non-hydrogen) atoms. The quantitative estimate of drug-likeness (QED) is 0.189. The summed E-state index contributed by atoms with van der Waals surface area (Å²) in [6.45, 7) is 0. The van der Waals surface area contributed by atoms with Gasteiger partial charge in [0.1, 0.15) is 0 Å². The molecule has 0 radical (unpaired) electrons. The van der Waals surface area contributed by atoms with Crippen LogP contribution in [0.5, 0.6) is 0 Å². The van der Waals surface area contributed by atoms with E-state index in [1.54, 1.807) is 0 Å². The molecule has 10 aromatic rings. The summed E-state index contributed by atoms with van der Waals surface area (Å²) >= 11 is 1.90. The Kier molecular flexibility index (Phi) is 4.39. The van der Waals surface area contributed by atoms with E-state index < -0.39 is 0 Å². The molecular formula is C40H23NS. The highest BCUT2D eigenvalue weighted by Crippen LogP contribution is 2.44. The fraction of sp³-hybridized carbons (Fsp3) is 0. The molecule has 0 atom stereocenters. The van der Waals surface area contributed by atoms with Crippen LogP contribution in [0.25, 0.3) is 91.1 Å². The Morgan fingerprint density at radius 2 is 1.10 bits per heavy atom. The summed E-state index contributed by atoms with van der Waals surface area (Å²) < 4.78 is 5.15.